The van der Waals surface area contributed by atoms with Crippen LogP contribution in [0.4, 0.5) is 0 Å². The molecule has 0 spiro atoms. The van der Waals surface area contributed by atoms with Gasteiger partial charge in [-0.3, -0.25) is 14.2 Å². The minimum Gasteiger partial charge on any atom is -0.490 e. The number of carbonyl (C=O) groups excluding carboxylic acids is 2. The van der Waals surface area contributed by atoms with Crippen molar-refractivity contribution in [3.63, 3.8) is 0 Å². The lowest BCUT2D eigenvalue weighted by Gasteiger charge is -2.25. The van der Waals surface area contributed by atoms with Crippen molar-refractivity contribution in [1.29, 1.82) is 0 Å². The van der Waals surface area contributed by atoms with Gasteiger partial charge in [-0.25, -0.2) is 9.79 Å². The van der Waals surface area contributed by atoms with Crippen molar-refractivity contribution in [2.75, 3.05) is 13.2 Å². The van der Waals surface area contributed by atoms with Crippen molar-refractivity contribution in [2.45, 2.75) is 33.7 Å². The Bertz CT molecular complexity index is 1480. The van der Waals surface area contributed by atoms with Gasteiger partial charge in [0.25, 0.3) is 5.56 Å². The molecular formula is C25H24N2O7S. The largest absolute Gasteiger partial charge is 0.490 e. The third-order valence-corrected chi connectivity index (χ3v) is 6.15. The van der Waals surface area contributed by atoms with Crippen molar-refractivity contribution < 1.29 is 28.2 Å². The molecule has 1 atom stereocenters. The normalized spacial score (nSPS) is 15.4. The third kappa shape index (κ3) is 4.83. The zero-order valence-corrected chi connectivity index (χ0v) is 20.5. The van der Waals surface area contributed by atoms with Gasteiger partial charge in [0.05, 0.1) is 41.3 Å². The first-order chi connectivity index (χ1) is 16.8. The average molecular weight is 497 g/mol. The number of carbonyl (C=O) groups is 2. The highest BCUT2D eigenvalue weighted by molar-refractivity contribution is 7.07. The van der Waals surface area contributed by atoms with Gasteiger partial charge in [-0.1, -0.05) is 17.4 Å². The number of esters is 2. The first kappa shape index (κ1) is 24.2. The number of rotatable bonds is 7. The van der Waals surface area contributed by atoms with E-state index in [2.05, 4.69) is 4.99 Å². The predicted octanol–water partition coefficient (Wildman–Crippen LogP) is 2.72. The minimum atomic E-state index is -0.824. The number of fused-ring (bicyclic) bond motifs is 1. The molecule has 4 rings (SSSR count). The van der Waals surface area contributed by atoms with Gasteiger partial charge in [0.2, 0.25) is 0 Å². The molecule has 182 valence electrons. The number of aromatic nitrogens is 1. The van der Waals surface area contributed by atoms with Gasteiger partial charge in [-0.05, 0) is 50.6 Å². The molecule has 2 aromatic heterocycles. The van der Waals surface area contributed by atoms with E-state index in [-0.39, 0.29) is 23.5 Å². The van der Waals surface area contributed by atoms with Gasteiger partial charge in [0.1, 0.15) is 5.76 Å². The zero-order chi connectivity index (χ0) is 25.1. The van der Waals surface area contributed by atoms with E-state index in [0.717, 1.165) is 0 Å². The lowest BCUT2D eigenvalue weighted by molar-refractivity contribution is -0.139. The van der Waals surface area contributed by atoms with E-state index in [1.165, 1.54) is 29.1 Å². The van der Waals surface area contributed by atoms with Gasteiger partial charge in [-0.2, -0.15) is 0 Å². The van der Waals surface area contributed by atoms with Crippen LogP contribution in [-0.2, 0) is 14.3 Å². The van der Waals surface area contributed by atoms with E-state index in [1.807, 2.05) is 0 Å². The molecule has 0 amide bonds. The fourth-order valence-corrected chi connectivity index (χ4v) is 4.84. The molecule has 0 fully saturated rings. The second-order valence-electron chi connectivity index (χ2n) is 7.55. The summed E-state index contributed by atoms with van der Waals surface area (Å²) in [5.74, 6) is 0.0219. The van der Waals surface area contributed by atoms with E-state index in [4.69, 9.17) is 18.6 Å². The lowest BCUT2D eigenvalue weighted by atomic mass is 9.95. The summed E-state index contributed by atoms with van der Waals surface area (Å²) in [4.78, 5) is 43.1. The smallest absolute Gasteiger partial charge is 0.338 e. The number of allylic oxidation sites excluding steroid dienone is 1. The Kier molecular flexibility index (Phi) is 7.02. The molecule has 0 N–H and O–H groups in total. The second kappa shape index (κ2) is 10.1. The first-order valence-corrected chi connectivity index (χ1v) is 11.8. The van der Waals surface area contributed by atoms with Crippen molar-refractivity contribution in [2.24, 2.45) is 4.99 Å². The third-order valence-electron chi connectivity index (χ3n) is 5.17. The van der Waals surface area contributed by atoms with Crippen molar-refractivity contribution in [3.8, 4) is 11.5 Å². The number of hydrogen-bond acceptors (Lipinski definition) is 9. The van der Waals surface area contributed by atoms with Crippen LogP contribution in [0.3, 0.4) is 0 Å². The van der Waals surface area contributed by atoms with E-state index in [0.29, 0.717) is 38.7 Å². The Morgan fingerprint density at radius 2 is 2.00 bits per heavy atom. The van der Waals surface area contributed by atoms with Crippen LogP contribution in [0.2, 0.25) is 0 Å². The molecule has 0 saturated heterocycles. The zero-order valence-electron chi connectivity index (χ0n) is 19.7. The fourth-order valence-electron chi connectivity index (χ4n) is 3.81. The Morgan fingerprint density at radius 1 is 1.20 bits per heavy atom. The van der Waals surface area contributed by atoms with Gasteiger partial charge < -0.3 is 18.6 Å². The highest BCUT2D eigenvalue weighted by Gasteiger charge is 2.34. The number of furan rings is 1. The SMILES string of the molecule is CCOC(=O)C1=C(C)N=c2sc(=Cc3ccco3)c(=O)n2C1c1ccc(OC(C)=O)c(OCC)c1. The van der Waals surface area contributed by atoms with Crippen LogP contribution < -0.4 is 24.4 Å². The van der Waals surface area contributed by atoms with E-state index in [9.17, 15) is 14.4 Å². The van der Waals surface area contributed by atoms with E-state index < -0.39 is 18.0 Å². The van der Waals surface area contributed by atoms with E-state index in [1.54, 1.807) is 57.2 Å². The quantitative estimate of drug-likeness (QED) is 0.365. The van der Waals surface area contributed by atoms with E-state index >= 15 is 0 Å². The van der Waals surface area contributed by atoms with Gasteiger partial charge in [0.15, 0.2) is 16.3 Å². The molecule has 1 aliphatic heterocycles. The second-order valence-corrected chi connectivity index (χ2v) is 8.56. The number of ether oxygens (including phenoxy) is 3. The van der Waals surface area contributed by atoms with Gasteiger partial charge in [0, 0.05) is 13.0 Å². The van der Waals surface area contributed by atoms with Crippen LogP contribution in [0.15, 0.2) is 62.1 Å². The first-order valence-electron chi connectivity index (χ1n) is 11.0. The highest BCUT2D eigenvalue weighted by atomic mass is 32.1. The van der Waals surface area contributed by atoms with Crippen molar-refractivity contribution in [3.05, 3.63) is 78.9 Å². The predicted molar refractivity (Wildman–Crippen MR) is 128 cm³/mol. The number of nitrogens with zero attached hydrogens (tertiary/aromatic N) is 2. The molecule has 0 radical (unpaired) electrons. The molecule has 35 heavy (non-hydrogen) atoms. The van der Waals surface area contributed by atoms with Gasteiger partial charge >= 0.3 is 11.9 Å². The van der Waals surface area contributed by atoms with Crippen molar-refractivity contribution >= 4 is 29.4 Å². The number of thiazole rings is 1. The Hall–Kier alpha value is -3.92. The topological polar surface area (TPSA) is 109 Å². The molecule has 0 saturated carbocycles. The summed E-state index contributed by atoms with van der Waals surface area (Å²) in [7, 11) is 0. The monoisotopic (exact) mass is 496 g/mol. The van der Waals surface area contributed by atoms with Crippen LogP contribution in [0, 0.1) is 0 Å². The standard InChI is InChI=1S/C25H24N2O7S/c1-5-31-19-12-16(9-10-18(19)34-15(4)28)22-21(24(30)32-6-2)14(3)26-25-27(22)23(29)20(35-25)13-17-8-7-11-33-17/h7-13,22H,5-6H2,1-4H3. The average Bonchev–Trinajstić information content (AvgIpc) is 3.42. The number of benzene rings is 1. The summed E-state index contributed by atoms with van der Waals surface area (Å²) in [6, 6.07) is 7.58. The molecule has 10 heteroatoms. The molecule has 1 unspecified atom stereocenters. The summed E-state index contributed by atoms with van der Waals surface area (Å²) < 4.78 is 23.5. The molecule has 9 nitrogen and oxygen atoms in total. The van der Waals surface area contributed by atoms with Crippen LogP contribution in [0.25, 0.3) is 6.08 Å². The maximum absolute atomic E-state index is 13.5. The maximum Gasteiger partial charge on any atom is 0.338 e. The minimum absolute atomic E-state index is 0.167. The molecule has 0 bridgehead atoms. The summed E-state index contributed by atoms with van der Waals surface area (Å²) in [5, 5.41) is 0. The Morgan fingerprint density at radius 3 is 2.66 bits per heavy atom. The summed E-state index contributed by atoms with van der Waals surface area (Å²) >= 11 is 1.20. The summed E-state index contributed by atoms with van der Waals surface area (Å²) in [6.45, 7) is 7.01. The van der Waals surface area contributed by atoms with Crippen LogP contribution in [0.1, 0.15) is 45.1 Å². The number of hydrogen-bond donors (Lipinski definition) is 0. The van der Waals surface area contributed by atoms with Crippen molar-refractivity contribution in [1.82, 2.24) is 4.57 Å². The molecule has 0 aliphatic carbocycles. The highest BCUT2D eigenvalue weighted by Crippen LogP contribution is 2.36. The molecule has 1 aromatic carbocycles. The molecule has 1 aliphatic rings. The molecule has 3 aromatic rings. The van der Waals surface area contributed by atoms with Crippen LogP contribution >= 0.6 is 11.3 Å². The van der Waals surface area contributed by atoms with Crippen LogP contribution in [0.5, 0.6) is 11.5 Å². The molecule has 3 heterocycles. The lowest BCUT2D eigenvalue weighted by Crippen LogP contribution is -2.40. The summed E-state index contributed by atoms with van der Waals surface area (Å²) in [5.41, 5.74) is 0.937. The Balaban J connectivity index is 1.95. The fraction of sp³-hybridized carbons (Fsp3) is 0.280. The maximum atomic E-state index is 13.5. The van der Waals surface area contributed by atoms with Gasteiger partial charge in [-0.15, -0.1) is 0 Å². The summed E-state index contributed by atoms with van der Waals surface area (Å²) in [6.07, 6.45) is 3.16. The molecular weight excluding hydrogens is 472 g/mol. The van der Waals surface area contributed by atoms with Crippen LogP contribution in [-0.4, -0.2) is 29.7 Å². The Labute approximate surface area is 204 Å².